The number of rotatable bonds is 6. The Hall–Kier alpha value is -3.84. The second-order valence-corrected chi connectivity index (χ2v) is 9.89. The summed E-state index contributed by atoms with van der Waals surface area (Å²) in [6.07, 6.45) is 4.91. The number of hydrogen-bond donors (Lipinski definition) is 3. The molecule has 2 aromatic heterocycles. The first-order valence-corrected chi connectivity index (χ1v) is 12.1. The number of fused-ring (bicyclic) bond motifs is 1. The van der Waals surface area contributed by atoms with E-state index in [0.717, 1.165) is 30.6 Å². The van der Waals surface area contributed by atoms with E-state index < -0.39 is 5.91 Å². The van der Waals surface area contributed by atoms with Crippen molar-refractivity contribution in [2.24, 2.45) is 18.7 Å². The Kier molecular flexibility index (Phi) is 5.04. The van der Waals surface area contributed by atoms with Gasteiger partial charge in [-0.15, -0.1) is 0 Å². The summed E-state index contributed by atoms with van der Waals surface area (Å²) in [7, 11) is 1.74. The van der Waals surface area contributed by atoms with Gasteiger partial charge in [-0.25, -0.2) is 0 Å². The molecule has 0 radical (unpaired) electrons. The van der Waals surface area contributed by atoms with E-state index in [1.54, 1.807) is 40.6 Å². The predicted octanol–water partition coefficient (Wildman–Crippen LogP) is 3.44. The molecule has 2 aliphatic rings. The molecule has 35 heavy (non-hydrogen) atoms. The smallest absolute Gasteiger partial charge is 0.265 e. The SMILES string of the molecule is Cn1cc(-c2cccc(-n3c(CC4CNC4)cc4cc(C5CC5)ccc4c3=O)c2O)cc1C(N)=O. The van der Waals surface area contributed by atoms with E-state index in [-0.39, 0.29) is 11.3 Å². The number of amides is 1. The zero-order valence-corrected chi connectivity index (χ0v) is 19.6. The number of para-hydroxylation sites is 1. The molecule has 1 saturated heterocycles. The van der Waals surface area contributed by atoms with Gasteiger partial charge in [0.05, 0.1) is 5.69 Å². The molecule has 1 saturated carbocycles. The van der Waals surface area contributed by atoms with Gasteiger partial charge in [0.1, 0.15) is 11.4 Å². The Labute approximate surface area is 202 Å². The third-order valence-corrected chi connectivity index (χ3v) is 7.36. The summed E-state index contributed by atoms with van der Waals surface area (Å²) in [6.45, 7) is 1.83. The Morgan fingerprint density at radius 2 is 1.94 bits per heavy atom. The van der Waals surface area contributed by atoms with Crippen molar-refractivity contribution in [3.05, 3.63) is 82.0 Å². The van der Waals surface area contributed by atoms with Crippen LogP contribution in [0.1, 0.15) is 40.5 Å². The Balaban J connectivity index is 1.54. The molecule has 1 aliphatic heterocycles. The monoisotopic (exact) mass is 468 g/mol. The average molecular weight is 469 g/mol. The van der Waals surface area contributed by atoms with Crippen molar-refractivity contribution in [1.82, 2.24) is 14.5 Å². The third kappa shape index (κ3) is 3.72. The first-order chi connectivity index (χ1) is 16.9. The minimum absolute atomic E-state index is 0.00171. The number of benzene rings is 2. The Bertz CT molecular complexity index is 1540. The van der Waals surface area contributed by atoms with Gasteiger partial charge in [0.15, 0.2) is 0 Å². The Morgan fingerprint density at radius 1 is 1.14 bits per heavy atom. The van der Waals surface area contributed by atoms with Crippen molar-refractivity contribution in [2.45, 2.75) is 25.2 Å². The van der Waals surface area contributed by atoms with Crippen LogP contribution < -0.4 is 16.6 Å². The second kappa shape index (κ2) is 8.13. The number of phenols is 1. The van der Waals surface area contributed by atoms with E-state index in [2.05, 4.69) is 23.5 Å². The van der Waals surface area contributed by atoms with Crippen molar-refractivity contribution >= 4 is 16.7 Å². The van der Waals surface area contributed by atoms with Crippen molar-refractivity contribution < 1.29 is 9.90 Å². The van der Waals surface area contributed by atoms with Crippen molar-refractivity contribution in [2.75, 3.05) is 13.1 Å². The fourth-order valence-corrected chi connectivity index (χ4v) is 5.17. The number of aromatic nitrogens is 2. The van der Waals surface area contributed by atoms with Crippen LogP contribution in [0, 0.1) is 5.92 Å². The Morgan fingerprint density at radius 3 is 2.60 bits per heavy atom. The van der Waals surface area contributed by atoms with Gasteiger partial charge < -0.3 is 20.7 Å². The number of primary amides is 1. The molecule has 4 aromatic rings. The first-order valence-electron chi connectivity index (χ1n) is 12.1. The van der Waals surface area contributed by atoms with Crippen LogP contribution in [0.5, 0.6) is 5.75 Å². The molecule has 2 aromatic carbocycles. The number of hydrogen-bond acceptors (Lipinski definition) is 4. The highest BCUT2D eigenvalue weighted by Crippen LogP contribution is 2.41. The number of nitrogens with two attached hydrogens (primary N) is 1. The summed E-state index contributed by atoms with van der Waals surface area (Å²) in [5.74, 6) is 0.514. The van der Waals surface area contributed by atoms with Crippen LogP contribution in [0.4, 0.5) is 0 Å². The fraction of sp³-hybridized carbons (Fsp3) is 0.286. The number of pyridine rings is 1. The highest BCUT2D eigenvalue weighted by molar-refractivity contribution is 5.93. The lowest BCUT2D eigenvalue weighted by molar-refractivity contribution is 0.0992. The van der Waals surface area contributed by atoms with Crippen LogP contribution in [0.15, 0.2) is 59.5 Å². The van der Waals surface area contributed by atoms with Gasteiger partial charge in [0.2, 0.25) is 0 Å². The maximum absolute atomic E-state index is 13.9. The normalized spacial score (nSPS) is 15.9. The third-order valence-electron chi connectivity index (χ3n) is 7.36. The number of nitrogens with one attached hydrogen (secondary N) is 1. The quantitative estimate of drug-likeness (QED) is 0.403. The molecule has 0 bridgehead atoms. The highest BCUT2D eigenvalue weighted by Gasteiger charge is 2.26. The van der Waals surface area contributed by atoms with E-state index in [9.17, 15) is 14.7 Å². The molecule has 2 fully saturated rings. The van der Waals surface area contributed by atoms with Gasteiger partial charge >= 0.3 is 0 Å². The van der Waals surface area contributed by atoms with Crippen molar-refractivity contribution in [1.29, 1.82) is 0 Å². The molecular weight excluding hydrogens is 440 g/mol. The number of aromatic hydroxyl groups is 1. The van der Waals surface area contributed by atoms with Crippen LogP contribution >= 0.6 is 0 Å². The lowest BCUT2D eigenvalue weighted by Gasteiger charge is -2.28. The maximum atomic E-state index is 13.9. The van der Waals surface area contributed by atoms with Gasteiger partial charge in [-0.3, -0.25) is 14.2 Å². The predicted molar refractivity (Wildman–Crippen MR) is 136 cm³/mol. The van der Waals surface area contributed by atoms with Gasteiger partial charge in [-0.05, 0) is 79.4 Å². The van der Waals surface area contributed by atoms with Crippen LogP contribution in [-0.2, 0) is 13.5 Å². The highest BCUT2D eigenvalue weighted by atomic mass is 16.3. The zero-order chi connectivity index (χ0) is 24.3. The van der Waals surface area contributed by atoms with Crippen LogP contribution in [0.2, 0.25) is 0 Å². The zero-order valence-electron chi connectivity index (χ0n) is 19.6. The number of carbonyl (C=O) groups is 1. The van der Waals surface area contributed by atoms with E-state index in [1.807, 2.05) is 12.1 Å². The molecule has 3 heterocycles. The van der Waals surface area contributed by atoms with Crippen LogP contribution in [0.3, 0.4) is 0 Å². The topological polar surface area (TPSA) is 102 Å². The molecule has 4 N–H and O–H groups in total. The molecule has 0 spiro atoms. The molecule has 6 rings (SSSR count). The lowest BCUT2D eigenvalue weighted by Crippen LogP contribution is -2.43. The van der Waals surface area contributed by atoms with Gasteiger partial charge in [0, 0.05) is 35.5 Å². The first kappa shape index (κ1) is 21.7. The molecule has 0 unspecified atom stereocenters. The molecule has 1 aliphatic carbocycles. The van der Waals surface area contributed by atoms with E-state index >= 15 is 0 Å². The number of phenolic OH excluding ortho intramolecular Hbond substituents is 1. The summed E-state index contributed by atoms with van der Waals surface area (Å²) >= 11 is 0. The minimum atomic E-state index is -0.540. The van der Waals surface area contributed by atoms with E-state index in [0.29, 0.717) is 39.7 Å². The van der Waals surface area contributed by atoms with E-state index in [4.69, 9.17) is 5.73 Å². The van der Waals surface area contributed by atoms with Crippen LogP contribution in [0.25, 0.3) is 27.6 Å². The molecule has 7 heteroatoms. The molecule has 178 valence electrons. The van der Waals surface area contributed by atoms with E-state index in [1.165, 1.54) is 18.4 Å². The fourth-order valence-electron chi connectivity index (χ4n) is 5.17. The number of nitrogens with zero attached hydrogens (tertiary/aromatic N) is 2. The summed E-state index contributed by atoms with van der Waals surface area (Å²) in [4.78, 5) is 25.6. The summed E-state index contributed by atoms with van der Waals surface area (Å²) in [5.41, 5.74) is 9.52. The molecular formula is C28H28N4O3. The van der Waals surface area contributed by atoms with Gasteiger partial charge in [-0.2, -0.15) is 0 Å². The standard InChI is InChI=1S/C28H28N4O3/c1-31-15-20(12-25(31)27(29)34)22-3-2-4-24(26(22)33)32-21(9-16-13-30-14-16)11-19-10-18(17-5-6-17)7-8-23(19)28(32)35/h2-4,7-8,10-12,15-17,30,33H,5-6,9,13-14H2,1H3,(H2,29,34). The average Bonchev–Trinajstić information content (AvgIpc) is 3.58. The maximum Gasteiger partial charge on any atom is 0.265 e. The lowest BCUT2D eigenvalue weighted by atomic mass is 9.95. The summed E-state index contributed by atoms with van der Waals surface area (Å²) in [6, 6.07) is 15.3. The number of aryl methyl sites for hydroxylation is 1. The van der Waals surface area contributed by atoms with Crippen molar-refractivity contribution in [3.8, 4) is 22.6 Å². The summed E-state index contributed by atoms with van der Waals surface area (Å²) < 4.78 is 3.30. The number of carbonyl (C=O) groups excluding carboxylic acids is 1. The minimum Gasteiger partial charge on any atom is -0.505 e. The molecule has 7 nitrogen and oxygen atoms in total. The largest absolute Gasteiger partial charge is 0.505 e. The van der Waals surface area contributed by atoms with Crippen LogP contribution in [-0.4, -0.2) is 33.2 Å². The van der Waals surface area contributed by atoms with Gasteiger partial charge in [0.25, 0.3) is 11.5 Å². The molecule has 1 amide bonds. The second-order valence-electron chi connectivity index (χ2n) is 9.89. The van der Waals surface area contributed by atoms with Crippen molar-refractivity contribution in [3.63, 3.8) is 0 Å². The molecule has 0 atom stereocenters. The van der Waals surface area contributed by atoms with Gasteiger partial charge in [-0.1, -0.05) is 24.3 Å². The summed E-state index contributed by atoms with van der Waals surface area (Å²) in [5, 5.41) is 16.3.